The molecule has 7 heteroatoms. The summed E-state index contributed by atoms with van der Waals surface area (Å²) in [7, 11) is 1.32. The molecular weight excluding hydrogens is 360 g/mol. The van der Waals surface area contributed by atoms with Gasteiger partial charge in [0.05, 0.1) is 18.9 Å². The summed E-state index contributed by atoms with van der Waals surface area (Å²) in [4.78, 5) is 23.6. The highest BCUT2D eigenvalue weighted by atomic mass is 16.5. The first-order valence-corrected chi connectivity index (χ1v) is 8.43. The lowest BCUT2D eigenvalue weighted by Gasteiger charge is -2.08. The van der Waals surface area contributed by atoms with Crippen molar-refractivity contribution in [2.24, 2.45) is 5.10 Å². The summed E-state index contributed by atoms with van der Waals surface area (Å²) in [5.74, 6) is -0.161. The van der Waals surface area contributed by atoms with E-state index in [-0.39, 0.29) is 0 Å². The zero-order valence-electron chi connectivity index (χ0n) is 15.0. The predicted molar refractivity (Wildman–Crippen MR) is 103 cm³/mol. The first-order chi connectivity index (χ1) is 13.6. The zero-order chi connectivity index (χ0) is 19.9. The fourth-order valence-electron chi connectivity index (χ4n) is 2.50. The molecule has 0 fully saturated rings. The van der Waals surface area contributed by atoms with E-state index in [1.165, 1.54) is 13.3 Å². The largest absolute Gasteiger partial charge is 0.465 e. The summed E-state index contributed by atoms with van der Waals surface area (Å²) in [6.45, 7) is 0. The van der Waals surface area contributed by atoms with Gasteiger partial charge in [0, 0.05) is 5.56 Å². The molecule has 0 aliphatic rings. The van der Waals surface area contributed by atoms with Crippen LogP contribution in [0.1, 0.15) is 27.8 Å². The van der Waals surface area contributed by atoms with Crippen molar-refractivity contribution in [1.29, 1.82) is 0 Å². The average Bonchev–Trinajstić information content (AvgIpc) is 3.22. The van der Waals surface area contributed by atoms with Gasteiger partial charge < -0.3 is 14.3 Å². The summed E-state index contributed by atoms with van der Waals surface area (Å²) >= 11 is 0. The number of hydrazone groups is 1. The van der Waals surface area contributed by atoms with E-state index in [1.54, 1.807) is 66.7 Å². The Morgan fingerprint density at radius 3 is 2.64 bits per heavy atom. The standard InChI is InChI=1S/C21H18N2O5/c1-27-21(26)16-9-5-8-15(12-16)18-11-10-17(28-18)13-22-23-20(25)19(24)14-6-3-2-4-7-14/h2-13,19,24H,1H3,(H,23,25)/b22-13-/t19-/m0/s1. The summed E-state index contributed by atoms with van der Waals surface area (Å²) in [5, 5.41) is 13.8. The normalized spacial score (nSPS) is 11.9. The number of aliphatic hydroxyl groups is 1. The lowest BCUT2D eigenvalue weighted by Crippen LogP contribution is -2.25. The highest BCUT2D eigenvalue weighted by molar-refractivity contribution is 5.90. The number of carbonyl (C=O) groups excluding carboxylic acids is 2. The molecule has 1 amide bonds. The van der Waals surface area contributed by atoms with Crippen LogP contribution in [-0.4, -0.2) is 30.3 Å². The van der Waals surface area contributed by atoms with Gasteiger partial charge in [-0.1, -0.05) is 42.5 Å². The third-order valence-corrected chi connectivity index (χ3v) is 3.93. The van der Waals surface area contributed by atoms with Crippen LogP contribution in [0.15, 0.2) is 76.2 Å². The van der Waals surface area contributed by atoms with Gasteiger partial charge >= 0.3 is 5.97 Å². The number of hydrogen-bond acceptors (Lipinski definition) is 6. The molecule has 142 valence electrons. The van der Waals surface area contributed by atoms with E-state index in [0.717, 1.165) is 0 Å². The molecule has 0 spiro atoms. The number of nitrogens with one attached hydrogen (secondary N) is 1. The van der Waals surface area contributed by atoms with Gasteiger partial charge in [0.1, 0.15) is 11.5 Å². The molecule has 0 bridgehead atoms. The number of furan rings is 1. The molecular formula is C21H18N2O5. The zero-order valence-corrected chi connectivity index (χ0v) is 15.0. The van der Waals surface area contributed by atoms with Crippen molar-refractivity contribution in [1.82, 2.24) is 5.43 Å². The molecule has 28 heavy (non-hydrogen) atoms. The van der Waals surface area contributed by atoms with Crippen LogP contribution in [0.3, 0.4) is 0 Å². The maximum Gasteiger partial charge on any atom is 0.337 e. The van der Waals surface area contributed by atoms with Crippen molar-refractivity contribution in [3.05, 3.63) is 83.6 Å². The Labute approximate surface area is 161 Å². The maximum absolute atomic E-state index is 11.9. The molecule has 2 aromatic carbocycles. The van der Waals surface area contributed by atoms with Gasteiger partial charge in [-0.25, -0.2) is 10.2 Å². The number of esters is 1. The van der Waals surface area contributed by atoms with Crippen LogP contribution in [0.5, 0.6) is 0 Å². The first kappa shape index (κ1) is 19.1. The van der Waals surface area contributed by atoms with Gasteiger partial charge in [-0.3, -0.25) is 4.79 Å². The van der Waals surface area contributed by atoms with Crippen LogP contribution in [0.25, 0.3) is 11.3 Å². The monoisotopic (exact) mass is 378 g/mol. The summed E-state index contributed by atoms with van der Waals surface area (Å²) < 4.78 is 10.4. The van der Waals surface area contributed by atoms with Crippen molar-refractivity contribution < 1.29 is 23.8 Å². The third kappa shape index (κ3) is 4.52. The number of benzene rings is 2. The van der Waals surface area contributed by atoms with Gasteiger partial charge in [0.15, 0.2) is 6.10 Å². The van der Waals surface area contributed by atoms with Crippen LogP contribution in [0, 0.1) is 0 Å². The molecule has 0 aliphatic carbocycles. The summed E-state index contributed by atoms with van der Waals surface area (Å²) in [6.07, 6.45) is 0.00933. The van der Waals surface area contributed by atoms with Gasteiger partial charge in [-0.05, 0) is 29.8 Å². The molecule has 7 nitrogen and oxygen atoms in total. The van der Waals surface area contributed by atoms with E-state index >= 15 is 0 Å². The smallest absolute Gasteiger partial charge is 0.337 e. The maximum atomic E-state index is 11.9. The Bertz CT molecular complexity index is 995. The lowest BCUT2D eigenvalue weighted by molar-refractivity contribution is -0.129. The minimum absolute atomic E-state index is 0.396. The predicted octanol–water partition coefficient (Wildman–Crippen LogP) is 2.92. The molecule has 2 N–H and O–H groups in total. The average molecular weight is 378 g/mol. The fraction of sp³-hybridized carbons (Fsp3) is 0.0952. The highest BCUT2D eigenvalue weighted by Crippen LogP contribution is 2.23. The van der Waals surface area contributed by atoms with Gasteiger partial charge in [-0.2, -0.15) is 5.10 Å². The molecule has 0 saturated carbocycles. The fourth-order valence-corrected chi connectivity index (χ4v) is 2.50. The Hall–Kier alpha value is -3.71. The van der Waals surface area contributed by atoms with E-state index in [2.05, 4.69) is 10.5 Å². The summed E-state index contributed by atoms with van der Waals surface area (Å²) in [6, 6.07) is 18.8. The Balaban J connectivity index is 1.65. The third-order valence-electron chi connectivity index (χ3n) is 3.93. The van der Waals surface area contributed by atoms with Crippen LogP contribution in [0.4, 0.5) is 0 Å². The minimum atomic E-state index is -1.31. The van der Waals surface area contributed by atoms with E-state index < -0.39 is 18.0 Å². The van der Waals surface area contributed by atoms with Crippen molar-refractivity contribution in [3.63, 3.8) is 0 Å². The molecule has 0 radical (unpaired) electrons. The second kappa shape index (κ2) is 8.79. The number of carbonyl (C=O) groups is 2. The topological polar surface area (TPSA) is 101 Å². The number of rotatable bonds is 6. The number of aliphatic hydroxyl groups excluding tert-OH is 1. The van der Waals surface area contributed by atoms with Crippen LogP contribution in [0.2, 0.25) is 0 Å². The van der Waals surface area contributed by atoms with Crippen LogP contribution < -0.4 is 5.43 Å². The molecule has 3 rings (SSSR count). The van der Waals surface area contributed by atoms with Crippen molar-refractivity contribution >= 4 is 18.1 Å². The molecule has 1 atom stereocenters. The van der Waals surface area contributed by atoms with Gasteiger partial charge in [0.2, 0.25) is 0 Å². The molecule has 1 aromatic heterocycles. The number of amides is 1. The van der Waals surface area contributed by atoms with Crippen LogP contribution >= 0.6 is 0 Å². The van der Waals surface area contributed by atoms with E-state index in [1.807, 2.05) is 0 Å². The highest BCUT2D eigenvalue weighted by Gasteiger charge is 2.16. The van der Waals surface area contributed by atoms with Crippen molar-refractivity contribution in [2.45, 2.75) is 6.10 Å². The second-order valence-electron chi connectivity index (χ2n) is 5.82. The molecule has 0 aliphatic heterocycles. The van der Waals surface area contributed by atoms with E-state index in [4.69, 9.17) is 9.15 Å². The molecule has 1 heterocycles. The van der Waals surface area contributed by atoms with E-state index in [9.17, 15) is 14.7 Å². The summed E-state index contributed by atoms with van der Waals surface area (Å²) in [5.41, 5.74) is 3.85. The van der Waals surface area contributed by atoms with Crippen molar-refractivity contribution in [3.8, 4) is 11.3 Å². The Morgan fingerprint density at radius 1 is 1.11 bits per heavy atom. The first-order valence-electron chi connectivity index (χ1n) is 8.43. The minimum Gasteiger partial charge on any atom is -0.465 e. The van der Waals surface area contributed by atoms with Crippen LogP contribution in [-0.2, 0) is 9.53 Å². The van der Waals surface area contributed by atoms with Gasteiger partial charge in [0.25, 0.3) is 5.91 Å². The number of ether oxygens (including phenoxy) is 1. The van der Waals surface area contributed by atoms with Crippen molar-refractivity contribution in [2.75, 3.05) is 7.11 Å². The SMILES string of the molecule is COC(=O)c1cccc(-c2ccc(/C=N\NC(=O)[C@@H](O)c3ccccc3)o2)c1. The second-order valence-corrected chi connectivity index (χ2v) is 5.82. The molecule has 0 unspecified atom stereocenters. The molecule has 0 saturated heterocycles. The number of hydrogen-bond donors (Lipinski definition) is 2. The number of methoxy groups -OCH3 is 1. The lowest BCUT2D eigenvalue weighted by atomic mass is 10.1. The quantitative estimate of drug-likeness (QED) is 0.390. The Morgan fingerprint density at radius 2 is 1.89 bits per heavy atom. The van der Waals surface area contributed by atoms with E-state index in [0.29, 0.717) is 28.2 Å². The molecule has 3 aromatic rings. The van der Waals surface area contributed by atoms with Gasteiger partial charge in [-0.15, -0.1) is 0 Å². The Kier molecular flexibility index (Phi) is 5.98. The number of nitrogens with zero attached hydrogens (tertiary/aromatic N) is 1.